The zero-order valence-corrected chi connectivity index (χ0v) is 11.1. The number of nitrogens with zero attached hydrogens (tertiary/aromatic N) is 1. The van der Waals surface area contributed by atoms with Crippen LogP contribution in [0.1, 0.15) is 5.69 Å². The van der Waals surface area contributed by atoms with E-state index in [0.29, 0.717) is 11.4 Å². The molecule has 0 spiro atoms. The van der Waals surface area contributed by atoms with Crippen molar-refractivity contribution in [1.29, 1.82) is 0 Å². The van der Waals surface area contributed by atoms with E-state index in [2.05, 4.69) is 20.6 Å². The normalized spacial score (nSPS) is 20.7. The van der Waals surface area contributed by atoms with Crippen LogP contribution in [0.5, 0.6) is 0 Å². The van der Waals surface area contributed by atoms with Crippen molar-refractivity contribution in [3.8, 4) is 0 Å². The van der Waals surface area contributed by atoms with Gasteiger partial charge in [0.25, 0.3) is 0 Å². The summed E-state index contributed by atoms with van der Waals surface area (Å²) in [6.45, 7) is 0.765. The first-order valence-corrected chi connectivity index (χ1v) is 7.14. The van der Waals surface area contributed by atoms with Crippen LogP contribution < -0.4 is 10.6 Å². The van der Waals surface area contributed by atoms with Crippen LogP contribution in [0.3, 0.4) is 0 Å². The molecule has 1 unspecified atom stereocenters. The molecule has 1 aromatic rings. The third-order valence-electron chi connectivity index (χ3n) is 2.83. The molecule has 2 atom stereocenters. The number of aromatic amines is 1. The van der Waals surface area contributed by atoms with Gasteiger partial charge >= 0.3 is 5.97 Å². The number of aromatic nitrogens is 2. The molecule has 0 aliphatic carbocycles. The predicted molar refractivity (Wildman–Crippen MR) is 71.0 cm³/mol. The minimum atomic E-state index is -1.05. The number of carbonyl (C=O) groups excluding carboxylic acids is 1. The Balaban J connectivity index is 1.92. The van der Waals surface area contributed by atoms with Crippen molar-refractivity contribution >= 4 is 23.6 Å². The van der Waals surface area contributed by atoms with Gasteiger partial charge in [-0.2, -0.15) is 11.8 Å². The highest BCUT2D eigenvalue weighted by atomic mass is 32.2. The fraction of sp³-hybridized carbons (Fsp3) is 0.545. The monoisotopic (exact) mass is 284 g/mol. The zero-order valence-electron chi connectivity index (χ0n) is 10.3. The number of hydrogen-bond donors (Lipinski definition) is 4. The molecule has 7 nitrogen and oxygen atoms in total. The molecular weight excluding hydrogens is 268 g/mol. The van der Waals surface area contributed by atoms with Crippen LogP contribution >= 0.6 is 11.8 Å². The van der Waals surface area contributed by atoms with Crippen LogP contribution in [0.15, 0.2) is 12.5 Å². The lowest BCUT2D eigenvalue weighted by Gasteiger charge is -2.24. The number of H-pyrrole nitrogens is 1. The number of thioether (sulfide) groups is 1. The fourth-order valence-electron chi connectivity index (χ4n) is 1.82. The molecule has 0 aromatic carbocycles. The van der Waals surface area contributed by atoms with Crippen LogP contribution in [-0.2, 0) is 16.0 Å². The molecular formula is C11H16N4O3S. The molecule has 19 heavy (non-hydrogen) atoms. The molecule has 1 amide bonds. The van der Waals surface area contributed by atoms with E-state index in [1.807, 2.05) is 0 Å². The Morgan fingerprint density at radius 2 is 2.47 bits per heavy atom. The number of carbonyl (C=O) groups is 2. The second-order valence-electron chi connectivity index (χ2n) is 4.26. The van der Waals surface area contributed by atoms with Crippen LogP contribution in [0.2, 0.25) is 0 Å². The van der Waals surface area contributed by atoms with Gasteiger partial charge in [-0.3, -0.25) is 4.79 Å². The average molecular weight is 284 g/mol. The molecule has 1 saturated heterocycles. The van der Waals surface area contributed by atoms with Gasteiger partial charge in [0.1, 0.15) is 6.04 Å². The number of imidazole rings is 1. The second kappa shape index (κ2) is 6.58. The van der Waals surface area contributed by atoms with Gasteiger partial charge in [0, 0.05) is 36.4 Å². The van der Waals surface area contributed by atoms with Gasteiger partial charge in [0.15, 0.2) is 0 Å². The smallest absolute Gasteiger partial charge is 0.326 e. The summed E-state index contributed by atoms with van der Waals surface area (Å²) in [5.41, 5.74) is 0.679. The van der Waals surface area contributed by atoms with Gasteiger partial charge in [-0.05, 0) is 0 Å². The Morgan fingerprint density at radius 3 is 3.05 bits per heavy atom. The summed E-state index contributed by atoms with van der Waals surface area (Å²) in [6.07, 6.45) is 3.23. The molecule has 1 aliphatic heterocycles. The molecule has 4 N–H and O–H groups in total. The van der Waals surface area contributed by atoms with E-state index < -0.39 is 12.0 Å². The highest BCUT2D eigenvalue weighted by molar-refractivity contribution is 7.99. The van der Waals surface area contributed by atoms with Crippen molar-refractivity contribution in [2.24, 2.45) is 0 Å². The van der Waals surface area contributed by atoms with E-state index in [1.165, 1.54) is 6.33 Å². The number of amides is 1. The van der Waals surface area contributed by atoms with Crippen LogP contribution in [0.4, 0.5) is 0 Å². The van der Waals surface area contributed by atoms with Crippen molar-refractivity contribution in [2.45, 2.75) is 18.5 Å². The van der Waals surface area contributed by atoms with E-state index in [1.54, 1.807) is 18.0 Å². The number of carboxylic acid groups (broad SMARTS) is 1. The molecule has 0 saturated carbocycles. The molecule has 8 heteroatoms. The minimum absolute atomic E-state index is 0.195. The van der Waals surface area contributed by atoms with Gasteiger partial charge in [0.2, 0.25) is 5.91 Å². The summed E-state index contributed by atoms with van der Waals surface area (Å²) in [6, 6.07) is -1.26. The van der Waals surface area contributed by atoms with Crippen molar-refractivity contribution in [2.75, 3.05) is 18.1 Å². The van der Waals surface area contributed by atoms with Crippen molar-refractivity contribution < 1.29 is 14.7 Å². The predicted octanol–water partition coefficient (Wildman–Crippen LogP) is -0.773. The molecule has 2 heterocycles. The fourth-order valence-corrected chi connectivity index (χ4v) is 2.76. The molecule has 104 valence electrons. The minimum Gasteiger partial charge on any atom is -0.480 e. The second-order valence-corrected chi connectivity index (χ2v) is 5.41. The highest BCUT2D eigenvalue weighted by Crippen LogP contribution is 2.08. The lowest BCUT2D eigenvalue weighted by Crippen LogP contribution is -2.53. The molecule has 1 aromatic heterocycles. The lowest BCUT2D eigenvalue weighted by molar-refractivity contribution is -0.142. The maximum atomic E-state index is 12.0. The van der Waals surface area contributed by atoms with E-state index in [4.69, 9.17) is 5.11 Å². The maximum absolute atomic E-state index is 12.0. The van der Waals surface area contributed by atoms with Gasteiger partial charge in [-0.15, -0.1) is 0 Å². The van der Waals surface area contributed by atoms with Gasteiger partial charge in [-0.1, -0.05) is 0 Å². The summed E-state index contributed by atoms with van der Waals surface area (Å²) < 4.78 is 0. The van der Waals surface area contributed by atoms with Gasteiger partial charge in [-0.25, -0.2) is 9.78 Å². The van der Waals surface area contributed by atoms with Crippen molar-refractivity contribution in [3.63, 3.8) is 0 Å². The van der Waals surface area contributed by atoms with E-state index >= 15 is 0 Å². The Hall–Kier alpha value is -1.54. The molecule has 1 fully saturated rings. The SMILES string of the molecule is O=C(N[C@@H](Cc1cnc[nH]1)C(=O)O)C1CSCCN1. The molecule has 0 bridgehead atoms. The Kier molecular flexibility index (Phi) is 4.80. The Labute approximate surface area is 114 Å². The van der Waals surface area contributed by atoms with Crippen LogP contribution in [0, 0.1) is 0 Å². The van der Waals surface area contributed by atoms with E-state index in [0.717, 1.165) is 12.3 Å². The van der Waals surface area contributed by atoms with Crippen LogP contribution in [0.25, 0.3) is 0 Å². The number of carboxylic acids is 1. The Bertz CT molecular complexity index is 431. The largest absolute Gasteiger partial charge is 0.480 e. The number of aliphatic carboxylic acids is 1. The summed E-state index contributed by atoms with van der Waals surface area (Å²) in [5.74, 6) is 0.327. The summed E-state index contributed by atoms with van der Waals surface area (Å²) in [5, 5.41) is 14.8. The third-order valence-corrected chi connectivity index (χ3v) is 3.89. The maximum Gasteiger partial charge on any atom is 0.326 e. The number of rotatable bonds is 5. The zero-order chi connectivity index (χ0) is 13.7. The Morgan fingerprint density at radius 1 is 1.63 bits per heavy atom. The molecule has 1 aliphatic rings. The summed E-state index contributed by atoms with van der Waals surface area (Å²) >= 11 is 1.69. The topological polar surface area (TPSA) is 107 Å². The summed E-state index contributed by atoms with van der Waals surface area (Å²) in [4.78, 5) is 29.8. The van der Waals surface area contributed by atoms with Gasteiger partial charge in [0.05, 0.1) is 12.4 Å². The molecule has 0 radical (unpaired) electrons. The first-order chi connectivity index (χ1) is 9.16. The first kappa shape index (κ1) is 13.9. The first-order valence-electron chi connectivity index (χ1n) is 5.98. The lowest BCUT2D eigenvalue weighted by atomic mass is 10.1. The number of nitrogens with one attached hydrogen (secondary N) is 3. The van der Waals surface area contributed by atoms with Gasteiger partial charge < -0.3 is 20.7 Å². The third kappa shape index (κ3) is 3.97. The number of hydrogen-bond acceptors (Lipinski definition) is 5. The average Bonchev–Trinajstić information content (AvgIpc) is 2.91. The van der Waals surface area contributed by atoms with Crippen LogP contribution in [-0.4, -0.2) is 57.1 Å². The van der Waals surface area contributed by atoms with E-state index in [9.17, 15) is 9.59 Å². The highest BCUT2D eigenvalue weighted by Gasteiger charge is 2.26. The summed E-state index contributed by atoms with van der Waals surface area (Å²) in [7, 11) is 0. The molecule has 2 rings (SSSR count). The standard InChI is InChI=1S/C11H16N4O3S/c16-10(9-5-19-2-1-13-9)15-8(11(17)18)3-7-4-12-6-14-7/h4,6,8-9,13H,1-3,5H2,(H,12,14)(H,15,16)(H,17,18)/t8-,9?/m0/s1. The van der Waals surface area contributed by atoms with E-state index in [-0.39, 0.29) is 18.4 Å². The quantitative estimate of drug-likeness (QED) is 0.565. The van der Waals surface area contributed by atoms with Crippen molar-refractivity contribution in [1.82, 2.24) is 20.6 Å². The van der Waals surface area contributed by atoms with Crippen molar-refractivity contribution in [3.05, 3.63) is 18.2 Å².